The number of primary amides is 1. The summed E-state index contributed by atoms with van der Waals surface area (Å²) in [4.78, 5) is 25.3. The fourth-order valence-corrected chi connectivity index (χ4v) is 2.56. The molecule has 1 aromatic rings. The third-order valence-electron chi connectivity index (χ3n) is 3.65. The van der Waals surface area contributed by atoms with Gasteiger partial charge in [-0.15, -0.1) is 0 Å². The molecule has 1 heterocycles. The highest BCUT2D eigenvalue weighted by Gasteiger charge is 2.18. The number of carbonyl (C=O) groups excluding carboxylic acids is 2. The standard InChI is InChI=1S/C15H20N4O2S/c16-12(13(17)20)15(22)18-14(21)11-5-3-10(4-6-11)9-19-7-1-2-8-19/h3-6,12H,1-2,7-9,16H2,(H2,17,20)(H,18,21,22). The van der Waals surface area contributed by atoms with Crippen LogP contribution in [0.4, 0.5) is 0 Å². The summed E-state index contributed by atoms with van der Waals surface area (Å²) in [5.74, 6) is -1.17. The molecule has 2 amide bonds. The Kier molecular flexibility index (Phi) is 5.59. The molecule has 0 spiro atoms. The summed E-state index contributed by atoms with van der Waals surface area (Å²) in [6.07, 6.45) is 2.50. The Morgan fingerprint density at radius 2 is 1.82 bits per heavy atom. The van der Waals surface area contributed by atoms with E-state index in [-0.39, 0.29) is 4.99 Å². The topological polar surface area (TPSA) is 101 Å². The monoisotopic (exact) mass is 320 g/mol. The first-order valence-electron chi connectivity index (χ1n) is 7.19. The predicted molar refractivity (Wildman–Crippen MR) is 88.2 cm³/mol. The Hall–Kier alpha value is -1.83. The maximum atomic E-state index is 12.0. The number of amides is 2. The van der Waals surface area contributed by atoms with E-state index in [1.165, 1.54) is 12.8 Å². The zero-order valence-electron chi connectivity index (χ0n) is 12.2. The summed E-state index contributed by atoms with van der Waals surface area (Å²) in [6, 6.07) is 6.15. The minimum Gasteiger partial charge on any atom is -0.368 e. The average Bonchev–Trinajstić information content (AvgIpc) is 2.99. The second-order valence-corrected chi connectivity index (χ2v) is 5.82. The Labute approximate surface area is 134 Å². The molecule has 1 unspecified atom stereocenters. The molecule has 6 nitrogen and oxygen atoms in total. The van der Waals surface area contributed by atoms with Crippen molar-refractivity contribution in [1.29, 1.82) is 0 Å². The van der Waals surface area contributed by atoms with Crippen LogP contribution in [0.25, 0.3) is 0 Å². The maximum Gasteiger partial charge on any atom is 0.256 e. The molecule has 1 atom stereocenters. The van der Waals surface area contributed by atoms with Crippen molar-refractivity contribution in [1.82, 2.24) is 10.2 Å². The molecule has 0 bridgehead atoms. The molecule has 0 saturated carbocycles. The van der Waals surface area contributed by atoms with Crippen LogP contribution in [0.1, 0.15) is 28.8 Å². The predicted octanol–water partition coefficient (Wildman–Crippen LogP) is 0.152. The summed E-state index contributed by atoms with van der Waals surface area (Å²) < 4.78 is 0. The number of nitrogens with zero attached hydrogens (tertiary/aromatic N) is 1. The third-order valence-corrected chi connectivity index (χ3v) is 4.00. The molecular formula is C15H20N4O2S. The normalized spacial score (nSPS) is 16.2. The second kappa shape index (κ2) is 7.44. The number of benzene rings is 1. The number of thiocarbonyl (C=S) groups is 1. The van der Waals surface area contributed by atoms with Gasteiger partial charge in [-0.25, -0.2) is 0 Å². The highest BCUT2D eigenvalue weighted by molar-refractivity contribution is 7.80. The Morgan fingerprint density at radius 3 is 2.36 bits per heavy atom. The summed E-state index contributed by atoms with van der Waals surface area (Å²) in [7, 11) is 0. The van der Waals surface area contributed by atoms with Crippen LogP contribution in [0, 0.1) is 0 Å². The van der Waals surface area contributed by atoms with E-state index in [9.17, 15) is 9.59 Å². The zero-order chi connectivity index (χ0) is 16.1. The molecule has 118 valence electrons. The van der Waals surface area contributed by atoms with Crippen molar-refractivity contribution in [3.05, 3.63) is 35.4 Å². The molecule has 1 fully saturated rings. The fraction of sp³-hybridized carbons (Fsp3) is 0.400. The van der Waals surface area contributed by atoms with Crippen molar-refractivity contribution < 1.29 is 9.59 Å². The van der Waals surface area contributed by atoms with E-state index in [1.54, 1.807) is 12.1 Å². The van der Waals surface area contributed by atoms with Crippen molar-refractivity contribution in [3.63, 3.8) is 0 Å². The van der Waals surface area contributed by atoms with Crippen LogP contribution < -0.4 is 16.8 Å². The van der Waals surface area contributed by atoms with E-state index < -0.39 is 17.9 Å². The van der Waals surface area contributed by atoms with Crippen molar-refractivity contribution in [2.75, 3.05) is 13.1 Å². The molecule has 22 heavy (non-hydrogen) atoms. The van der Waals surface area contributed by atoms with Gasteiger partial charge in [0.15, 0.2) is 0 Å². The lowest BCUT2D eigenvalue weighted by atomic mass is 10.1. The summed E-state index contributed by atoms with van der Waals surface area (Å²) in [5.41, 5.74) is 12.1. The van der Waals surface area contributed by atoms with Gasteiger partial charge in [0.25, 0.3) is 5.91 Å². The molecule has 1 aliphatic rings. The molecule has 0 radical (unpaired) electrons. The summed E-state index contributed by atoms with van der Waals surface area (Å²) in [5, 5.41) is 2.43. The number of likely N-dealkylation sites (tertiary alicyclic amines) is 1. The van der Waals surface area contributed by atoms with Gasteiger partial charge in [0.05, 0.1) is 0 Å². The lowest BCUT2D eigenvalue weighted by Crippen LogP contribution is -2.49. The van der Waals surface area contributed by atoms with Gasteiger partial charge in [0.1, 0.15) is 11.0 Å². The highest BCUT2D eigenvalue weighted by atomic mass is 32.1. The molecule has 5 N–H and O–H groups in total. The van der Waals surface area contributed by atoms with Crippen LogP contribution in [0.3, 0.4) is 0 Å². The molecule has 7 heteroatoms. The number of nitrogens with two attached hydrogens (primary N) is 2. The van der Waals surface area contributed by atoms with Crippen LogP contribution >= 0.6 is 12.2 Å². The highest BCUT2D eigenvalue weighted by Crippen LogP contribution is 2.13. The van der Waals surface area contributed by atoms with Crippen molar-refractivity contribution in [3.8, 4) is 0 Å². The van der Waals surface area contributed by atoms with Gasteiger partial charge >= 0.3 is 0 Å². The largest absolute Gasteiger partial charge is 0.368 e. The SMILES string of the molecule is NC(=O)C(N)C(=S)NC(=O)c1ccc(CN2CCCC2)cc1. The first kappa shape index (κ1) is 16.5. The molecule has 0 aliphatic carbocycles. The van der Waals surface area contributed by atoms with Crippen molar-refractivity contribution in [2.45, 2.75) is 25.4 Å². The molecular weight excluding hydrogens is 300 g/mol. The molecule has 1 aliphatic heterocycles. The van der Waals surface area contributed by atoms with Gasteiger partial charge in [0.2, 0.25) is 5.91 Å². The van der Waals surface area contributed by atoms with Crippen LogP contribution in [0.2, 0.25) is 0 Å². The summed E-state index contributed by atoms with van der Waals surface area (Å²) in [6.45, 7) is 3.15. The number of carbonyl (C=O) groups is 2. The fourth-order valence-electron chi connectivity index (χ4n) is 2.35. The van der Waals surface area contributed by atoms with E-state index >= 15 is 0 Å². The number of hydrogen-bond donors (Lipinski definition) is 3. The Morgan fingerprint density at radius 1 is 1.23 bits per heavy atom. The molecule has 1 saturated heterocycles. The van der Waals surface area contributed by atoms with Crippen molar-refractivity contribution in [2.24, 2.45) is 11.5 Å². The van der Waals surface area contributed by atoms with E-state index in [2.05, 4.69) is 10.2 Å². The van der Waals surface area contributed by atoms with Crippen LogP contribution in [-0.4, -0.2) is 40.8 Å². The van der Waals surface area contributed by atoms with Gasteiger partial charge in [-0.05, 0) is 43.6 Å². The van der Waals surface area contributed by atoms with Gasteiger partial charge < -0.3 is 16.8 Å². The van der Waals surface area contributed by atoms with Gasteiger partial charge in [-0.3, -0.25) is 14.5 Å². The number of nitrogens with one attached hydrogen (secondary N) is 1. The van der Waals surface area contributed by atoms with E-state index in [1.807, 2.05) is 12.1 Å². The number of rotatable bonds is 5. The first-order valence-corrected chi connectivity index (χ1v) is 7.59. The Balaban J connectivity index is 1.93. The van der Waals surface area contributed by atoms with Gasteiger partial charge in [-0.2, -0.15) is 0 Å². The Bertz CT molecular complexity index is 567. The quantitative estimate of drug-likeness (QED) is 0.671. The number of hydrogen-bond acceptors (Lipinski definition) is 5. The maximum absolute atomic E-state index is 12.0. The van der Waals surface area contributed by atoms with E-state index in [4.69, 9.17) is 23.7 Å². The summed E-state index contributed by atoms with van der Waals surface area (Å²) >= 11 is 4.89. The van der Waals surface area contributed by atoms with Crippen LogP contribution in [0.15, 0.2) is 24.3 Å². The van der Waals surface area contributed by atoms with Crippen molar-refractivity contribution >= 4 is 29.0 Å². The van der Waals surface area contributed by atoms with E-state index in [0.29, 0.717) is 5.56 Å². The first-order chi connectivity index (χ1) is 10.5. The average molecular weight is 320 g/mol. The zero-order valence-corrected chi connectivity index (χ0v) is 13.1. The minimum absolute atomic E-state index is 0.0707. The minimum atomic E-state index is -1.16. The molecule has 0 aromatic heterocycles. The molecule has 1 aromatic carbocycles. The third kappa shape index (κ3) is 4.33. The van der Waals surface area contributed by atoms with Gasteiger partial charge in [-0.1, -0.05) is 24.4 Å². The second-order valence-electron chi connectivity index (χ2n) is 5.38. The lowest BCUT2D eigenvalue weighted by molar-refractivity contribution is -0.117. The molecule has 2 rings (SSSR count). The van der Waals surface area contributed by atoms with Crippen LogP contribution in [0.5, 0.6) is 0 Å². The lowest BCUT2D eigenvalue weighted by Gasteiger charge is -2.15. The smallest absolute Gasteiger partial charge is 0.256 e. The van der Waals surface area contributed by atoms with E-state index in [0.717, 1.165) is 25.2 Å². The van der Waals surface area contributed by atoms with Gasteiger partial charge in [0, 0.05) is 12.1 Å². The van der Waals surface area contributed by atoms with Crippen LogP contribution in [-0.2, 0) is 11.3 Å².